The predicted octanol–water partition coefficient (Wildman–Crippen LogP) is 3.15. The lowest BCUT2D eigenvalue weighted by Crippen LogP contribution is -2.54. The average molecular weight is 287 g/mol. The highest BCUT2D eigenvalue weighted by Gasteiger charge is 2.36. The second-order valence-electron chi connectivity index (χ2n) is 6.42. The Bertz CT molecular complexity index is 279. The largest absolute Gasteiger partial charge is 0.465 e. The van der Waals surface area contributed by atoms with Crippen LogP contribution in [0, 0.1) is 5.92 Å². The van der Waals surface area contributed by atoms with Crippen LogP contribution in [0.2, 0.25) is 0 Å². The van der Waals surface area contributed by atoms with E-state index in [1.807, 2.05) is 34.6 Å². The molecule has 0 bridgehead atoms. The fraction of sp³-hybridized carbons (Fsp3) is 0.938. The van der Waals surface area contributed by atoms with Crippen LogP contribution in [0.25, 0.3) is 0 Å². The summed E-state index contributed by atoms with van der Waals surface area (Å²) in [4.78, 5) is 12.2. The minimum Gasteiger partial charge on any atom is -0.465 e. The number of rotatable bonds is 10. The van der Waals surface area contributed by atoms with E-state index in [2.05, 4.69) is 19.2 Å². The maximum absolute atomic E-state index is 12.2. The molecule has 0 fully saturated rings. The van der Waals surface area contributed by atoms with Gasteiger partial charge in [0.2, 0.25) is 0 Å². The lowest BCUT2D eigenvalue weighted by Gasteiger charge is -2.33. The molecule has 0 aromatic rings. The summed E-state index contributed by atoms with van der Waals surface area (Å²) in [5, 5.41) is 3.32. The summed E-state index contributed by atoms with van der Waals surface area (Å²) in [6.07, 6.45) is 1.68. The number of carbonyl (C=O) groups is 1. The molecule has 0 saturated heterocycles. The summed E-state index contributed by atoms with van der Waals surface area (Å²) >= 11 is 0. The molecule has 0 aliphatic rings. The van der Waals surface area contributed by atoms with Crippen LogP contribution in [0.3, 0.4) is 0 Å². The summed E-state index contributed by atoms with van der Waals surface area (Å²) in [6, 6.07) is 0.215. The van der Waals surface area contributed by atoms with Crippen LogP contribution in [-0.4, -0.2) is 36.9 Å². The van der Waals surface area contributed by atoms with Gasteiger partial charge in [0.25, 0.3) is 0 Å². The molecule has 4 heteroatoms. The van der Waals surface area contributed by atoms with Gasteiger partial charge in [-0.2, -0.15) is 0 Å². The summed E-state index contributed by atoms with van der Waals surface area (Å²) < 4.78 is 11.0. The third kappa shape index (κ3) is 7.85. The van der Waals surface area contributed by atoms with Gasteiger partial charge < -0.3 is 9.47 Å². The van der Waals surface area contributed by atoms with Gasteiger partial charge in [-0.05, 0) is 47.0 Å². The quantitative estimate of drug-likeness (QED) is 0.627. The van der Waals surface area contributed by atoms with Crippen LogP contribution >= 0.6 is 0 Å². The first-order chi connectivity index (χ1) is 9.21. The molecule has 20 heavy (non-hydrogen) atoms. The lowest BCUT2D eigenvalue weighted by atomic mass is 9.93. The van der Waals surface area contributed by atoms with Gasteiger partial charge in [-0.1, -0.05) is 13.8 Å². The van der Waals surface area contributed by atoms with Gasteiger partial charge in [-0.15, -0.1) is 0 Å². The van der Waals surface area contributed by atoms with E-state index in [-0.39, 0.29) is 18.1 Å². The highest BCUT2D eigenvalue weighted by atomic mass is 16.5. The van der Waals surface area contributed by atoms with Crippen molar-refractivity contribution in [3.63, 3.8) is 0 Å². The summed E-state index contributed by atoms with van der Waals surface area (Å²) in [6.45, 7) is 15.3. The third-order valence-corrected chi connectivity index (χ3v) is 3.13. The molecular formula is C16H33NO3. The molecule has 0 aliphatic carbocycles. The molecule has 0 aliphatic heterocycles. The molecule has 0 amide bonds. The first-order valence-electron chi connectivity index (χ1n) is 7.77. The molecule has 2 atom stereocenters. The van der Waals surface area contributed by atoms with Crippen molar-refractivity contribution in [3.8, 4) is 0 Å². The van der Waals surface area contributed by atoms with E-state index >= 15 is 0 Å². The molecule has 120 valence electrons. The average Bonchev–Trinajstić information content (AvgIpc) is 2.27. The first-order valence-corrected chi connectivity index (χ1v) is 7.77. The Morgan fingerprint density at radius 2 is 1.80 bits per heavy atom. The number of esters is 1. The molecule has 4 nitrogen and oxygen atoms in total. The van der Waals surface area contributed by atoms with Crippen LogP contribution < -0.4 is 5.32 Å². The van der Waals surface area contributed by atoms with Gasteiger partial charge in [0.1, 0.15) is 5.54 Å². The summed E-state index contributed by atoms with van der Waals surface area (Å²) in [7, 11) is 0. The third-order valence-electron chi connectivity index (χ3n) is 3.13. The van der Waals surface area contributed by atoms with E-state index in [9.17, 15) is 4.79 Å². The van der Waals surface area contributed by atoms with Crippen LogP contribution in [0.15, 0.2) is 0 Å². The number of carbonyl (C=O) groups excluding carboxylic acids is 1. The van der Waals surface area contributed by atoms with E-state index in [0.717, 1.165) is 13.0 Å². The molecule has 0 aromatic carbocycles. The van der Waals surface area contributed by atoms with Gasteiger partial charge in [0, 0.05) is 19.1 Å². The fourth-order valence-corrected chi connectivity index (χ4v) is 2.27. The zero-order valence-electron chi connectivity index (χ0n) is 14.3. The van der Waals surface area contributed by atoms with Crippen LogP contribution in [0.5, 0.6) is 0 Å². The predicted molar refractivity (Wildman–Crippen MR) is 82.8 cm³/mol. The smallest absolute Gasteiger partial charge is 0.326 e. The number of hydrogen-bond donors (Lipinski definition) is 1. The Balaban J connectivity index is 4.51. The van der Waals surface area contributed by atoms with Crippen molar-refractivity contribution in [1.29, 1.82) is 0 Å². The van der Waals surface area contributed by atoms with Crippen molar-refractivity contribution >= 4 is 5.97 Å². The molecule has 0 rings (SSSR count). The van der Waals surface area contributed by atoms with Gasteiger partial charge in [0.05, 0.1) is 12.7 Å². The van der Waals surface area contributed by atoms with Crippen LogP contribution in [-0.2, 0) is 14.3 Å². The molecular weight excluding hydrogens is 254 g/mol. The fourth-order valence-electron chi connectivity index (χ4n) is 2.27. The van der Waals surface area contributed by atoms with E-state index in [1.54, 1.807) is 0 Å². The van der Waals surface area contributed by atoms with Crippen molar-refractivity contribution in [2.75, 3.05) is 13.2 Å². The first kappa shape index (κ1) is 19.4. The Morgan fingerprint density at radius 1 is 1.20 bits per heavy atom. The molecule has 0 spiro atoms. The van der Waals surface area contributed by atoms with Crippen LogP contribution in [0.4, 0.5) is 0 Å². The maximum Gasteiger partial charge on any atom is 0.326 e. The van der Waals surface area contributed by atoms with Gasteiger partial charge in [-0.3, -0.25) is 10.1 Å². The Hall–Kier alpha value is -0.610. The Kier molecular flexibility index (Phi) is 9.06. The summed E-state index contributed by atoms with van der Waals surface area (Å²) in [5.74, 6) is 0.431. The van der Waals surface area contributed by atoms with Gasteiger partial charge in [0.15, 0.2) is 0 Å². The van der Waals surface area contributed by atoms with E-state index in [0.29, 0.717) is 18.9 Å². The summed E-state index contributed by atoms with van der Waals surface area (Å²) in [5.41, 5.74) is -0.693. The van der Waals surface area contributed by atoms with Gasteiger partial charge >= 0.3 is 5.97 Å². The standard InChI is InChI=1S/C16H33NO3/c1-8-19-15(18)16(7,17-13(4)5)11-14(6)20-10-9-12(2)3/h12-14,17H,8-11H2,1-7H3. The molecule has 0 radical (unpaired) electrons. The van der Waals surface area contributed by atoms with E-state index in [1.165, 1.54) is 0 Å². The second kappa shape index (κ2) is 9.35. The minimum absolute atomic E-state index is 0.0226. The Labute approximate surface area is 124 Å². The molecule has 2 unspecified atom stereocenters. The van der Waals surface area contributed by atoms with E-state index in [4.69, 9.17) is 9.47 Å². The highest BCUT2D eigenvalue weighted by Crippen LogP contribution is 2.18. The monoisotopic (exact) mass is 287 g/mol. The zero-order chi connectivity index (χ0) is 15.8. The van der Waals surface area contributed by atoms with Crippen molar-refractivity contribution < 1.29 is 14.3 Å². The van der Waals surface area contributed by atoms with Crippen LogP contribution in [0.1, 0.15) is 61.3 Å². The molecule has 1 N–H and O–H groups in total. The molecule has 0 aromatic heterocycles. The number of nitrogens with one attached hydrogen (secondary N) is 1. The molecule has 0 heterocycles. The maximum atomic E-state index is 12.2. The number of hydrogen-bond acceptors (Lipinski definition) is 4. The second-order valence-corrected chi connectivity index (χ2v) is 6.42. The van der Waals surface area contributed by atoms with Crippen molar-refractivity contribution in [2.24, 2.45) is 5.92 Å². The van der Waals surface area contributed by atoms with Gasteiger partial charge in [-0.25, -0.2) is 0 Å². The lowest BCUT2D eigenvalue weighted by molar-refractivity contribution is -0.152. The topological polar surface area (TPSA) is 47.6 Å². The van der Waals surface area contributed by atoms with Crippen molar-refractivity contribution in [2.45, 2.75) is 79.0 Å². The Morgan fingerprint density at radius 3 is 2.25 bits per heavy atom. The SMILES string of the molecule is CCOC(=O)C(C)(CC(C)OCCC(C)C)NC(C)C. The van der Waals surface area contributed by atoms with E-state index < -0.39 is 5.54 Å². The zero-order valence-corrected chi connectivity index (χ0v) is 14.3. The number of ether oxygens (including phenoxy) is 2. The molecule has 0 saturated carbocycles. The minimum atomic E-state index is -0.693. The highest BCUT2D eigenvalue weighted by molar-refractivity contribution is 5.80. The van der Waals surface area contributed by atoms with Crippen molar-refractivity contribution in [1.82, 2.24) is 5.32 Å². The van der Waals surface area contributed by atoms with Crippen molar-refractivity contribution in [3.05, 3.63) is 0 Å². The normalized spacial score (nSPS) is 16.2.